The molecule has 1 saturated carbocycles. The molecule has 0 N–H and O–H groups in total. The topological polar surface area (TPSA) is 44.1 Å². The molecule has 1 aliphatic carbocycles. The maximum absolute atomic E-state index is 12.5. The largest absolute Gasteiger partial charge is 0.340 e. The van der Waals surface area contributed by atoms with Gasteiger partial charge in [-0.25, -0.2) is 0 Å². The van der Waals surface area contributed by atoms with E-state index < -0.39 is 5.41 Å². The van der Waals surface area contributed by atoms with Crippen LogP contribution in [0.1, 0.15) is 31.2 Å². The summed E-state index contributed by atoms with van der Waals surface area (Å²) in [6.45, 7) is 0.446. The van der Waals surface area contributed by atoms with Crippen LogP contribution < -0.4 is 0 Å². The predicted octanol–water partition coefficient (Wildman–Crippen LogP) is 3.38. The molecule has 0 aromatic heterocycles. The number of carbonyl (C=O) groups is 1. The second kappa shape index (κ2) is 5.63. The minimum Gasteiger partial charge on any atom is -0.340 e. The molecule has 1 aromatic carbocycles. The molecule has 3 nitrogen and oxygen atoms in total. The van der Waals surface area contributed by atoms with Gasteiger partial charge in [-0.15, -0.1) is 0 Å². The third kappa shape index (κ3) is 2.74. The van der Waals surface area contributed by atoms with Crippen molar-refractivity contribution in [1.82, 2.24) is 4.90 Å². The van der Waals surface area contributed by atoms with Gasteiger partial charge < -0.3 is 4.90 Å². The monoisotopic (exact) mass is 276 g/mol. The average molecular weight is 277 g/mol. The van der Waals surface area contributed by atoms with Crippen LogP contribution in [0.5, 0.6) is 0 Å². The van der Waals surface area contributed by atoms with E-state index in [0.717, 1.165) is 18.4 Å². The van der Waals surface area contributed by atoms with Gasteiger partial charge in [0.2, 0.25) is 5.91 Å². The van der Waals surface area contributed by atoms with E-state index in [-0.39, 0.29) is 5.91 Å². The lowest BCUT2D eigenvalue weighted by Crippen LogP contribution is -2.39. The van der Waals surface area contributed by atoms with Crippen molar-refractivity contribution in [3.05, 3.63) is 34.9 Å². The van der Waals surface area contributed by atoms with Crippen molar-refractivity contribution >= 4 is 17.5 Å². The van der Waals surface area contributed by atoms with Crippen molar-refractivity contribution in [2.24, 2.45) is 5.41 Å². The SMILES string of the molecule is CN(Cc1ccccc1Cl)C(=O)C1(C#N)CCCC1. The van der Waals surface area contributed by atoms with Gasteiger partial charge in [0, 0.05) is 18.6 Å². The Balaban J connectivity index is 2.12. The Hall–Kier alpha value is -1.53. The quantitative estimate of drug-likeness (QED) is 0.849. The summed E-state index contributed by atoms with van der Waals surface area (Å²) >= 11 is 6.10. The van der Waals surface area contributed by atoms with Crippen LogP contribution in [0.4, 0.5) is 0 Å². The zero-order valence-corrected chi connectivity index (χ0v) is 11.8. The van der Waals surface area contributed by atoms with E-state index >= 15 is 0 Å². The number of hydrogen-bond donors (Lipinski definition) is 0. The Morgan fingerprint density at radius 2 is 2.05 bits per heavy atom. The Morgan fingerprint density at radius 1 is 1.42 bits per heavy atom. The summed E-state index contributed by atoms with van der Waals surface area (Å²) in [5.41, 5.74) is 0.0989. The van der Waals surface area contributed by atoms with Crippen molar-refractivity contribution in [2.75, 3.05) is 7.05 Å². The smallest absolute Gasteiger partial charge is 0.243 e. The molecule has 0 atom stereocenters. The minimum absolute atomic E-state index is 0.0765. The van der Waals surface area contributed by atoms with Gasteiger partial charge in [-0.2, -0.15) is 5.26 Å². The van der Waals surface area contributed by atoms with Crippen LogP contribution in [0.25, 0.3) is 0 Å². The van der Waals surface area contributed by atoms with Gasteiger partial charge in [0.05, 0.1) is 6.07 Å². The first-order valence-corrected chi connectivity index (χ1v) is 6.87. The second-order valence-electron chi connectivity index (χ2n) is 5.15. The molecule has 0 unspecified atom stereocenters. The number of halogens is 1. The number of benzene rings is 1. The summed E-state index contributed by atoms with van der Waals surface area (Å²) in [7, 11) is 1.74. The van der Waals surface area contributed by atoms with Crippen molar-refractivity contribution in [1.29, 1.82) is 5.26 Å². The summed E-state index contributed by atoms with van der Waals surface area (Å²) < 4.78 is 0. The fourth-order valence-electron chi connectivity index (χ4n) is 2.67. The van der Waals surface area contributed by atoms with Gasteiger partial charge in [-0.1, -0.05) is 42.6 Å². The van der Waals surface area contributed by atoms with Crippen molar-refractivity contribution in [3.63, 3.8) is 0 Å². The molecular formula is C15H17ClN2O. The van der Waals surface area contributed by atoms with Gasteiger partial charge in [-0.3, -0.25) is 4.79 Å². The van der Waals surface area contributed by atoms with Crippen LogP contribution in [-0.2, 0) is 11.3 Å². The van der Waals surface area contributed by atoms with E-state index in [1.54, 1.807) is 11.9 Å². The molecular weight excluding hydrogens is 260 g/mol. The highest BCUT2D eigenvalue weighted by Crippen LogP contribution is 2.39. The van der Waals surface area contributed by atoms with E-state index in [4.69, 9.17) is 11.6 Å². The maximum Gasteiger partial charge on any atom is 0.243 e. The number of amides is 1. The van der Waals surface area contributed by atoms with Gasteiger partial charge in [0.25, 0.3) is 0 Å². The van der Waals surface area contributed by atoms with Crippen LogP contribution in [-0.4, -0.2) is 17.9 Å². The zero-order valence-electron chi connectivity index (χ0n) is 11.0. The molecule has 19 heavy (non-hydrogen) atoms. The third-order valence-electron chi connectivity index (χ3n) is 3.79. The van der Waals surface area contributed by atoms with Crippen LogP contribution in [0, 0.1) is 16.7 Å². The summed E-state index contributed by atoms with van der Waals surface area (Å²) in [5.74, 6) is -0.0765. The molecule has 0 aliphatic heterocycles. The first-order chi connectivity index (χ1) is 9.09. The lowest BCUT2D eigenvalue weighted by atomic mass is 9.86. The van der Waals surface area contributed by atoms with Crippen molar-refractivity contribution < 1.29 is 4.79 Å². The Labute approximate surface area is 118 Å². The van der Waals surface area contributed by atoms with Crippen molar-refractivity contribution in [2.45, 2.75) is 32.2 Å². The van der Waals surface area contributed by atoms with Gasteiger partial charge in [-0.05, 0) is 24.5 Å². The Kier molecular flexibility index (Phi) is 4.11. The highest BCUT2D eigenvalue weighted by molar-refractivity contribution is 6.31. The summed E-state index contributed by atoms with van der Waals surface area (Å²) in [6, 6.07) is 9.71. The van der Waals surface area contributed by atoms with Crippen LogP contribution in [0.2, 0.25) is 5.02 Å². The number of nitrogens with zero attached hydrogens (tertiary/aromatic N) is 2. The molecule has 0 bridgehead atoms. The molecule has 100 valence electrons. The average Bonchev–Trinajstić information content (AvgIpc) is 2.90. The fraction of sp³-hybridized carbons (Fsp3) is 0.467. The van der Waals surface area contributed by atoms with Gasteiger partial charge in [0.15, 0.2) is 0 Å². The standard InChI is InChI=1S/C15H17ClN2O/c1-18(10-12-6-2-3-7-13(12)16)14(19)15(11-17)8-4-5-9-15/h2-3,6-7H,4-5,8-10H2,1H3. The molecule has 1 aromatic rings. The molecule has 0 spiro atoms. The van der Waals surface area contributed by atoms with E-state index in [1.807, 2.05) is 24.3 Å². The zero-order chi connectivity index (χ0) is 13.9. The first kappa shape index (κ1) is 13.9. The van der Waals surface area contributed by atoms with Crippen LogP contribution in [0.3, 0.4) is 0 Å². The van der Waals surface area contributed by atoms with Gasteiger partial charge in [0.1, 0.15) is 5.41 Å². The van der Waals surface area contributed by atoms with Crippen LogP contribution in [0.15, 0.2) is 24.3 Å². The Bertz CT molecular complexity index is 515. The molecule has 0 saturated heterocycles. The third-order valence-corrected chi connectivity index (χ3v) is 4.16. The molecule has 0 heterocycles. The van der Waals surface area contributed by atoms with Crippen molar-refractivity contribution in [3.8, 4) is 6.07 Å². The highest BCUT2D eigenvalue weighted by atomic mass is 35.5. The fourth-order valence-corrected chi connectivity index (χ4v) is 2.87. The number of hydrogen-bond acceptors (Lipinski definition) is 2. The second-order valence-corrected chi connectivity index (χ2v) is 5.56. The van der Waals surface area contributed by atoms with Crippen LogP contribution >= 0.6 is 11.6 Å². The predicted molar refractivity (Wildman–Crippen MR) is 74.4 cm³/mol. The maximum atomic E-state index is 12.5. The minimum atomic E-state index is -0.810. The molecule has 2 rings (SSSR count). The summed E-state index contributed by atoms with van der Waals surface area (Å²) in [4.78, 5) is 14.1. The number of nitriles is 1. The number of rotatable bonds is 3. The van der Waals surface area contributed by atoms with E-state index in [2.05, 4.69) is 6.07 Å². The normalized spacial score (nSPS) is 16.9. The highest BCUT2D eigenvalue weighted by Gasteiger charge is 2.43. The van der Waals surface area contributed by atoms with E-state index in [9.17, 15) is 10.1 Å². The summed E-state index contributed by atoms with van der Waals surface area (Å²) in [5, 5.41) is 9.99. The number of carbonyl (C=O) groups excluding carboxylic acids is 1. The van der Waals surface area contributed by atoms with Gasteiger partial charge >= 0.3 is 0 Å². The summed E-state index contributed by atoms with van der Waals surface area (Å²) in [6.07, 6.45) is 3.27. The Morgan fingerprint density at radius 3 is 2.63 bits per heavy atom. The van der Waals surface area contributed by atoms with E-state index in [1.165, 1.54) is 0 Å². The molecule has 1 aliphatic rings. The van der Waals surface area contributed by atoms with E-state index in [0.29, 0.717) is 24.4 Å². The molecule has 1 fully saturated rings. The first-order valence-electron chi connectivity index (χ1n) is 6.49. The molecule has 1 amide bonds. The molecule has 4 heteroatoms. The lowest BCUT2D eigenvalue weighted by Gasteiger charge is -2.26. The lowest BCUT2D eigenvalue weighted by molar-refractivity contribution is -0.138. The molecule has 0 radical (unpaired) electrons.